The Kier molecular flexibility index (Phi) is 6.46. The number of hydrogen-bond donors (Lipinski definition) is 2. The van der Waals surface area contributed by atoms with Crippen LogP contribution in [0.15, 0.2) is 59.4 Å². The number of para-hydroxylation sites is 1. The van der Waals surface area contributed by atoms with Gasteiger partial charge in [0.2, 0.25) is 5.72 Å². The Labute approximate surface area is 196 Å². The maximum Gasteiger partial charge on any atom is 0.315 e. The zero-order chi connectivity index (χ0) is 24.7. The van der Waals surface area contributed by atoms with Crippen molar-refractivity contribution in [1.82, 2.24) is 4.90 Å². The van der Waals surface area contributed by atoms with Crippen molar-refractivity contribution in [2.75, 3.05) is 37.7 Å². The zero-order valence-corrected chi connectivity index (χ0v) is 19.1. The molecule has 1 aromatic rings. The summed E-state index contributed by atoms with van der Waals surface area (Å²) in [6.45, 7) is 2.57. The number of benzene rings is 1. The molecule has 1 aromatic carbocycles. The van der Waals surface area contributed by atoms with Gasteiger partial charge < -0.3 is 19.8 Å². The van der Waals surface area contributed by atoms with Crippen LogP contribution in [0.2, 0.25) is 0 Å². The van der Waals surface area contributed by atoms with Crippen molar-refractivity contribution >= 4 is 17.8 Å². The predicted octanol–water partition coefficient (Wildman–Crippen LogP) is 2.30. The van der Waals surface area contributed by atoms with Crippen LogP contribution in [0.3, 0.4) is 0 Å². The van der Waals surface area contributed by atoms with Crippen molar-refractivity contribution in [3.05, 3.63) is 65.0 Å². The molecule has 182 valence electrons. The minimum atomic E-state index is -1.70. The molecule has 1 spiro atoms. The van der Waals surface area contributed by atoms with E-state index in [-0.39, 0.29) is 19.6 Å². The number of hydrogen-bond acceptors (Lipinski definition) is 7. The Hall–Kier alpha value is -2.88. The van der Waals surface area contributed by atoms with Crippen molar-refractivity contribution in [3.63, 3.8) is 0 Å². The van der Waals surface area contributed by atoms with Gasteiger partial charge in [-0.05, 0) is 43.2 Å². The Bertz CT molecular complexity index is 1080. The van der Waals surface area contributed by atoms with Gasteiger partial charge in [-0.1, -0.05) is 24.3 Å². The molecule has 9 heteroatoms. The van der Waals surface area contributed by atoms with E-state index in [1.165, 1.54) is 6.08 Å². The highest BCUT2D eigenvalue weighted by atomic mass is 19.1. The van der Waals surface area contributed by atoms with Crippen molar-refractivity contribution in [1.29, 1.82) is 0 Å². The van der Waals surface area contributed by atoms with E-state index in [9.17, 15) is 28.6 Å². The fourth-order valence-corrected chi connectivity index (χ4v) is 5.27. The lowest BCUT2D eigenvalue weighted by Gasteiger charge is -2.48. The summed E-state index contributed by atoms with van der Waals surface area (Å²) in [6.07, 6.45) is 4.74. The molecule has 2 heterocycles. The number of aliphatic hydroxyl groups is 2. The van der Waals surface area contributed by atoms with Gasteiger partial charge in [-0.15, -0.1) is 0 Å². The summed E-state index contributed by atoms with van der Waals surface area (Å²) in [5, 5.41) is 20.2. The lowest BCUT2D eigenvalue weighted by atomic mass is 9.75. The predicted molar refractivity (Wildman–Crippen MR) is 121 cm³/mol. The number of halogens is 2. The third kappa shape index (κ3) is 4.08. The molecule has 0 radical (unpaired) electrons. The number of ether oxygens (including phenoxy) is 1. The molecule has 2 unspecified atom stereocenters. The zero-order valence-electron chi connectivity index (χ0n) is 19.1. The molecule has 7 nitrogen and oxygen atoms in total. The minimum absolute atomic E-state index is 0.109. The summed E-state index contributed by atoms with van der Waals surface area (Å²) in [4.78, 5) is 25.1. The summed E-state index contributed by atoms with van der Waals surface area (Å²) in [5.41, 5.74) is 1.50. The SMILES string of the molecule is CC1(C)c2ccccc2N(CCO)C12C=CC1=C(O2)C(CN(CC(=O)F)CC(=O)F)=CC(O)C1. The van der Waals surface area contributed by atoms with Gasteiger partial charge in [-0.2, -0.15) is 8.78 Å². The number of carbonyl (C=O) groups is 2. The molecule has 0 fully saturated rings. The normalized spacial score (nSPS) is 24.7. The van der Waals surface area contributed by atoms with Crippen LogP contribution < -0.4 is 4.90 Å². The van der Waals surface area contributed by atoms with Gasteiger partial charge in [0, 0.05) is 30.8 Å². The standard InChI is InChI=1S/C25H28F2N2O5/c1-24(2)19-5-3-4-6-20(19)29(9-10-30)25(24)8-7-16-11-18(31)12-17(23(16)34-25)13-28(14-21(26)32)15-22(27)33/h3-8,12,18,30-31H,9-11,13-15H2,1-2H3. The highest BCUT2D eigenvalue weighted by molar-refractivity contribution is 5.74. The smallest absolute Gasteiger partial charge is 0.315 e. The van der Waals surface area contributed by atoms with E-state index in [1.807, 2.05) is 55.2 Å². The second kappa shape index (κ2) is 9.05. The quantitative estimate of drug-likeness (QED) is 0.559. The molecule has 0 aromatic heterocycles. The van der Waals surface area contributed by atoms with E-state index in [1.54, 1.807) is 0 Å². The first kappa shape index (κ1) is 24.3. The molecule has 2 aliphatic heterocycles. The molecule has 1 aliphatic carbocycles. The first-order valence-electron chi connectivity index (χ1n) is 11.2. The van der Waals surface area contributed by atoms with Crippen LogP contribution in [0, 0.1) is 0 Å². The summed E-state index contributed by atoms with van der Waals surface area (Å²) < 4.78 is 33.0. The molecule has 0 saturated heterocycles. The summed E-state index contributed by atoms with van der Waals surface area (Å²) in [5.74, 6) is 0.430. The van der Waals surface area contributed by atoms with Crippen LogP contribution in [0.5, 0.6) is 0 Å². The van der Waals surface area contributed by atoms with E-state index in [4.69, 9.17) is 4.74 Å². The lowest BCUT2D eigenvalue weighted by Crippen LogP contribution is -2.58. The van der Waals surface area contributed by atoms with Crippen molar-refractivity contribution in [2.24, 2.45) is 0 Å². The summed E-state index contributed by atoms with van der Waals surface area (Å²) >= 11 is 0. The molecule has 4 rings (SSSR count). The third-order valence-corrected chi connectivity index (χ3v) is 6.75. The number of anilines is 1. The van der Waals surface area contributed by atoms with E-state index < -0.39 is 42.4 Å². The van der Waals surface area contributed by atoms with Crippen molar-refractivity contribution in [3.8, 4) is 0 Å². The third-order valence-electron chi connectivity index (χ3n) is 6.75. The average molecular weight is 475 g/mol. The van der Waals surface area contributed by atoms with E-state index in [0.717, 1.165) is 16.2 Å². The minimum Gasteiger partial charge on any atom is -0.463 e. The van der Waals surface area contributed by atoms with E-state index >= 15 is 0 Å². The number of aliphatic hydroxyl groups excluding tert-OH is 2. The van der Waals surface area contributed by atoms with Gasteiger partial charge in [0.1, 0.15) is 5.76 Å². The van der Waals surface area contributed by atoms with Crippen molar-refractivity contribution in [2.45, 2.75) is 37.5 Å². The fraction of sp³-hybridized carbons (Fsp3) is 0.440. The Morgan fingerprint density at radius 2 is 1.88 bits per heavy atom. The van der Waals surface area contributed by atoms with Crippen LogP contribution >= 0.6 is 0 Å². The first-order chi connectivity index (χ1) is 16.1. The molecule has 3 aliphatic rings. The number of fused-ring (bicyclic) bond motifs is 1. The van der Waals surface area contributed by atoms with E-state index in [2.05, 4.69) is 0 Å². The van der Waals surface area contributed by atoms with Gasteiger partial charge in [-0.25, -0.2) is 0 Å². The highest BCUT2D eigenvalue weighted by Crippen LogP contribution is 2.55. The number of β-amino-alcohol motifs (C(OH)–C–C–N with tert-alkyl or cyclic N) is 1. The second-order valence-electron chi connectivity index (χ2n) is 9.32. The van der Waals surface area contributed by atoms with Crippen LogP contribution in [-0.4, -0.2) is 71.8 Å². The molecular weight excluding hydrogens is 446 g/mol. The summed E-state index contributed by atoms with van der Waals surface area (Å²) in [6, 6.07) is 4.43. The van der Waals surface area contributed by atoms with Gasteiger partial charge in [-0.3, -0.25) is 14.5 Å². The van der Waals surface area contributed by atoms with Crippen LogP contribution in [-0.2, 0) is 19.7 Å². The van der Waals surface area contributed by atoms with Crippen LogP contribution in [0.4, 0.5) is 14.5 Å². The molecule has 0 bridgehead atoms. The Morgan fingerprint density at radius 3 is 2.53 bits per heavy atom. The molecule has 34 heavy (non-hydrogen) atoms. The molecule has 0 amide bonds. The number of allylic oxidation sites excluding steroid dienone is 1. The molecular formula is C25H28F2N2O5. The number of nitrogens with zero attached hydrogens (tertiary/aromatic N) is 2. The maximum atomic E-state index is 13.1. The largest absolute Gasteiger partial charge is 0.463 e. The van der Waals surface area contributed by atoms with Crippen LogP contribution in [0.25, 0.3) is 0 Å². The fourth-order valence-electron chi connectivity index (χ4n) is 5.27. The second-order valence-corrected chi connectivity index (χ2v) is 9.32. The number of carbonyl (C=O) groups excluding carboxylic acids is 2. The highest BCUT2D eigenvalue weighted by Gasteiger charge is 2.59. The number of rotatable bonds is 8. The Balaban J connectivity index is 1.73. The van der Waals surface area contributed by atoms with Gasteiger partial charge >= 0.3 is 12.1 Å². The van der Waals surface area contributed by atoms with E-state index in [0.29, 0.717) is 23.5 Å². The molecule has 2 atom stereocenters. The lowest BCUT2D eigenvalue weighted by molar-refractivity contribution is -0.133. The summed E-state index contributed by atoms with van der Waals surface area (Å²) in [7, 11) is 0. The van der Waals surface area contributed by atoms with Crippen LogP contribution in [0.1, 0.15) is 25.8 Å². The Morgan fingerprint density at radius 1 is 1.21 bits per heavy atom. The van der Waals surface area contributed by atoms with Gasteiger partial charge in [0.25, 0.3) is 0 Å². The topological polar surface area (TPSA) is 90.3 Å². The average Bonchev–Trinajstić information content (AvgIpc) is 2.92. The molecule has 2 N–H and O–H groups in total. The van der Waals surface area contributed by atoms with Gasteiger partial charge in [0.05, 0.1) is 31.2 Å². The first-order valence-corrected chi connectivity index (χ1v) is 11.2. The van der Waals surface area contributed by atoms with Crippen molar-refractivity contribution < 1.29 is 33.3 Å². The van der Waals surface area contributed by atoms with Gasteiger partial charge in [0.15, 0.2) is 0 Å². The maximum absolute atomic E-state index is 13.1. The monoisotopic (exact) mass is 474 g/mol. The molecule has 0 saturated carbocycles.